The standard InChI is InChI=1S/C22H27NO4/c1-16(10-11-17-8-6-5-7-9-17)23-20(24)15-13-18-12-14-19(25-2)22(27-4)21(18)26-3/h5-9,12-16H,10-11H2,1-4H3,(H,23,24)/b15-13+/t16-/m0/s1. The first-order valence-corrected chi connectivity index (χ1v) is 8.90. The topological polar surface area (TPSA) is 56.8 Å². The summed E-state index contributed by atoms with van der Waals surface area (Å²) in [6, 6.07) is 13.9. The van der Waals surface area contributed by atoms with Crippen molar-refractivity contribution in [3.63, 3.8) is 0 Å². The van der Waals surface area contributed by atoms with Gasteiger partial charge in [0.05, 0.1) is 21.3 Å². The van der Waals surface area contributed by atoms with Crippen LogP contribution >= 0.6 is 0 Å². The Morgan fingerprint density at radius 3 is 2.33 bits per heavy atom. The molecular formula is C22H27NO4. The van der Waals surface area contributed by atoms with E-state index in [9.17, 15) is 4.79 Å². The Bertz CT molecular complexity index is 771. The molecule has 0 aromatic heterocycles. The number of benzene rings is 2. The predicted octanol–water partition coefficient (Wildman–Crippen LogP) is 3.86. The monoisotopic (exact) mass is 369 g/mol. The molecule has 5 heteroatoms. The third-order valence-corrected chi connectivity index (χ3v) is 4.25. The summed E-state index contributed by atoms with van der Waals surface area (Å²) in [7, 11) is 4.67. The molecule has 0 saturated heterocycles. The summed E-state index contributed by atoms with van der Waals surface area (Å²) in [5.41, 5.74) is 2.01. The van der Waals surface area contributed by atoms with E-state index in [0.29, 0.717) is 17.2 Å². The molecule has 0 saturated carbocycles. The Hall–Kier alpha value is -2.95. The van der Waals surface area contributed by atoms with E-state index in [1.165, 1.54) is 11.6 Å². The number of hydrogen-bond acceptors (Lipinski definition) is 4. The lowest BCUT2D eigenvalue weighted by Crippen LogP contribution is -2.31. The third kappa shape index (κ3) is 5.78. The van der Waals surface area contributed by atoms with Crippen molar-refractivity contribution >= 4 is 12.0 Å². The predicted molar refractivity (Wildman–Crippen MR) is 107 cm³/mol. The fourth-order valence-corrected chi connectivity index (χ4v) is 2.81. The van der Waals surface area contributed by atoms with Crippen molar-refractivity contribution in [2.45, 2.75) is 25.8 Å². The molecule has 0 aliphatic rings. The van der Waals surface area contributed by atoms with Gasteiger partial charge in [-0.3, -0.25) is 4.79 Å². The molecule has 27 heavy (non-hydrogen) atoms. The Balaban J connectivity index is 1.97. The minimum absolute atomic E-state index is 0.0784. The lowest BCUT2D eigenvalue weighted by molar-refractivity contribution is -0.117. The maximum atomic E-state index is 12.2. The van der Waals surface area contributed by atoms with Gasteiger partial charge in [-0.25, -0.2) is 0 Å². The minimum atomic E-state index is -0.146. The lowest BCUT2D eigenvalue weighted by Gasteiger charge is -2.14. The molecule has 1 amide bonds. The first kappa shape index (κ1) is 20.4. The molecule has 2 rings (SSSR count). The van der Waals surface area contributed by atoms with E-state index in [2.05, 4.69) is 17.4 Å². The summed E-state index contributed by atoms with van der Waals surface area (Å²) in [6.45, 7) is 2.01. The number of ether oxygens (including phenoxy) is 3. The van der Waals surface area contributed by atoms with Gasteiger partial charge in [0.2, 0.25) is 11.7 Å². The van der Waals surface area contributed by atoms with Gasteiger partial charge >= 0.3 is 0 Å². The zero-order valence-electron chi connectivity index (χ0n) is 16.3. The second kappa shape index (κ2) is 10.3. The van der Waals surface area contributed by atoms with E-state index in [1.54, 1.807) is 33.5 Å². The Labute approximate surface area is 161 Å². The number of nitrogens with one attached hydrogen (secondary N) is 1. The van der Waals surface area contributed by atoms with Crippen LogP contribution in [0.15, 0.2) is 48.5 Å². The van der Waals surface area contributed by atoms with Crippen LogP contribution in [0.2, 0.25) is 0 Å². The number of methoxy groups -OCH3 is 3. The van der Waals surface area contributed by atoms with Crippen LogP contribution in [-0.2, 0) is 11.2 Å². The first-order valence-electron chi connectivity index (χ1n) is 8.90. The van der Waals surface area contributed by atoms with Crippen molar-refractivity contribution < 1.29 is 19.0 Å². The van der Waals surface area contributed by atoms with Crippen LogP contribution in [0, 0.1) is 0 Å². The summed E-state index contributed by atoms with van der Waals surface area (Å²) in [5.74, 6) is 1.45. The smallest absolute Gasteiger partial charge is 0.244 e. The molecular weight excluding hydrogens is 342 g/mol. The highest BCUT2D eigenvalue weighted by Gasteiger charge is 2.14. The van der Waals surface area contributed by atoms with Crippen molar-refractivity contribution in [1.29, 1.82) is 0 Å². The number of aryl methyl sites for hydroxylation is 1. The van der Waals surface area contributed by atoms with Gasteiger partial charge in [0, 0.05) is 17.7 Å². The minimum Gasteiger partial charge on any atom is -0.493 e. The zero-order chi connectivity index (χ0) is 19.6. The van der Waals surface area contributed by atoms with Crippen LogP contribution in [0.25, 0.3) is 6.08 Å². The van der Waals surface area contributed by atoms with Crippen LogP contribution in [-0.4, -0.2) is 33.3 Å². The van der Waals surface area contributed by atoms with E-state index in [1.807, 2.05) is 31.2 Å². The van der Waals surface area contributed by atoms with Crippen molar-refractivity contribution in [3.05, 3.63) is 59.7 Å². The SMILES string of the molecule is COc1ccc(/C=C/C(=O)N[C@@H](C)CCc2ccccc2)c(OC)c1OC. The van der Waals surface area contributed by atoms with E-state index < -0.39 is 0 Å². The third-order valence-electron chi connectivity index (χ3n) is 4.25. The van der Waals surface area contributed by atoms with Crippen molar-refractivity contribution in [3.8, 4) is 17.2 Å². The van der Waals surface area contributed by atoms with Crippen molar-refractivity contribution in [1.82, 2.24) is 5.32 Å². The average molecular weight is 369 g/mol. The molecule has 0 heterocycles. The van der Waals surface area contributed by atoms with Gasteiger partial charge in [-0.1, -0.05) is 30.3 Å². The first-order chi connectivity index (χ1) is 13.1. The normalized spacial score (nSPS) is 11.9. The Morgan fingerprint density at radius 2 is 1.70 bits per heavy atom. The van der Waals surface area contributed by atoms with Crippen LogP contribution in [0.1, 0.15) is 24.5 Å². The van der Waals surface area contributed by atoms with E-state index >= 15 is 0 Å². The van der Waals surface area contributed by atoms with Crippen LogP contribution in [0.3, 0.4) is 0 Å². The molecule has 144 valence electrons. The molecule has 1 atom stereocenters. The number of rotatable bonds is 9. The molecule has 2 aromatic rings. The average Bonchev–Trinajstić information content (AvgIpc) is 2.70. The number of carbonyl (C=O) groups excluding carboxylic acids is 1. The van der Waals surface area contributed by atoms with Gasteiger partial charge in [-0.15, -0.1) is 0 Å². The quantitative estimate of drug-likeness (QED) is 0.682. The summed E-state index contributed by atoms with van der Waals surface area (Å²) >= 11 is 0. The van der Waals surface area contributed by atoms with Crippen molar-refractivity contribution in [2.24, 2.45) is 0 Å². The van der Waals surface area contributed by atoms with E-state index in [0.717, 1.165) is 18.4 Å². The van der Waals surface area contributed by atoms with E-state index in [4.69, 9.17) is 14.2 Å². The molecule has 0 radical (unpaired) electrons. The molecule has 0 spiro atoms. The highest BCUT2D eigenvalue weighted by atomic mass is 16.5. The van der Waals surface area contributed by atoms with Crippen LogP contribution in [0.5, 0.6) is 17.2 Å². The molecule has 0 unspecified atom stereocenters. The summed E-state index contributed by atoms with van der Waals surface area (Å²) in [5, 5.41) is 2.99. The van der Waals surface area contributed by atoms with Gasteiger partial charge in [-0.05, 0) is 43.5 Å². The maximum Gasteiger partial charge on any atom is 0.244 e. The second-order valence-corrected chi connectivity index (χ2v) is 6.19. The molecule has 0 fully saturated rings. The number of carbonyl (C=O) groups is 1. The maximum absolute atomic E-state index is 12.2. The Morgan fingerprint density at radius 1 is 1.00 bits per heavy atom. The van der Waals surface area contributed by atoms with E-state index in [-0.39, 0.29) is 11.9 Å². The number of amides is 1. The summed E-state index contributed by atoms with van der Waals surface area (Å²) < 4.78 is 16.0. The zero-order valence-corrected chi connectivity index (χ0v) is 16.3. The van der Waals surface area contributed by atoms with Crippen LogP contribution < -0.4 is 19.5 Å². The Kier molecular flexibility index (Phi) is 7.74. The molecule has 5 nitrogen and oxygen atoms in total. The fraction of sp³-hybridized carbons (Fsp3) is 0.318. The molecule has 2 aromatic carbocycles. The fourth-order valence-electron chi connectivity index (χ4n) is 2.81. The largest absolute Gasteiger partial charge is 0.493 e. The van der Waals surface area contributed by atoms with Gasteiger partial charge < -0.3 is 19.5 Å². The van der Waals surface area contributed by atoms with Gasteiger partial charge in [0.1, 0.15) is 0 Å². The molecule has 1 N–H and O–H groups in total. The van der Waals surface area contributed by atoms with Crippen LogP contribution in [0.4, 0.5) is 0 Å². The summed E-state index contributed by atoms with van der Waals surface area (Å²) in [4.78, 5) is 12.2. The molecule has 0 aliphatic carbocycles. The highest BCUT2D eigenvalue weighted by Crippen LogP contribution is 2.40. The van der Waals surface area contributed by atoms with Crippen molar-refractivity contribution in [2.75, 3.05) is 21.3 Å². The summed E-state index contributed by atoms with van der Waals surface area (Å²) in [6.07, 6.45) is 5.02. The van der Waals surface area contributed by atoms with Gasteiger partial charge in [0.15, 0.2) is 11.5 Å². The lowest BCUT2D eigenvalue weighted by atomic mass is 10.1. The number of hydrogen-bond donors (Lipinski definition) is 1. The van der Waals surface area contributed by atoms with Gasteiger partial charge in [0.25, 0.3) is 0 Å². The highest BCUT2D eigenvalue weighted by molar-refractivity contribution is 5.92. The second-order valence-electron chi connectivity index (χ2n) is 6.19. The molecule has 0 aliphatic heterocycles. The molecule has 0 bridgehead atoms. The van der Waals surface area contributed by atoms with Gasteiger partial charge in [-0.2, -0.15) is 0 Å².